The number of alkyl halides is 2. The Labute approximate surface area is 82.3 Å². The number of hydrogen-bond acceptors (Lipinski definition) is 1. The molecule has 80 valence electrons. The average Bonchev–Trinajstić information content (AvgIpc) is 1.93. The van der Waals surface area contributed by atoms with Gasteiger partial charge in [0.2, 0.25) is 11.8 Å². The standard InChI is InChI=1S/C10H15F2NO/c1-7(2)8(14)13-5-9(6-13)3-10(11,12)4-9/h7H,3-6H2,1-2H3. The lowest BCUT2D eigenvalue weighted by atomic mass is 9.61. The first-order chi connectivity index (χ1) is 6.34. The van der Waals surface area contributed by atoms with E-state index in [1.807, 2.05) is 13.8 Å². The van der Waals surface area contributed by atoms with Crippen molar-refractivity contribution in [2.45, 2.75) is 32.6 Å². The van der Waals surface area contributed by atoms with Crippen LogP contribution in [0, 0.1) is 11.3 Å². The summed E-state index contributed by atoms with van der Waals surface area (Å²) in [6, 6.07) is 0. The highest BCUT2D eigenvalue weighted by atomic mass is 19.3. The highest BCUT2D eigenvalue weighted by molar-refractivity contribution is 5.79. The molecule has 0 N–H and O–H groups in total. The Bertz CT molecular complexity index is 259. The van der Waals surface area contributed by atoms with Crippen LogP contribution in [0.15, 0.2) is 0 Å². The third-order valence-corrected chi connectivity index (χ3v) is 3.13. The number of likely N-dealkylation sites (tertiary alicyclic amines) is 1. The fourth-order valence-electron chi connectivity index (χ4n) is 2.55. The molecule has 0 aromatic heterocycles. The molecule has 2 rings (SSSR count). The van der Waals surface area contributed by atoms with Gasteiger partial charge in [0.1, 0.15) is 0 Å². The number of hydrogen-bond donors (Lipinski definition) is 0. The van der Waals surface area contributed by atoms with E-state index in [4.69, 9.17) is 0 Å². The zero-order chi connectivity index (χ0) is 10.6. The SMILES string of the molecule is CC(C)C(=O)N1CC2(C1)CC(F)(F)C2. The topological polar surface area (TPSA) is 20.3 Å². The first-order valence-electron chi connectivity index (χ1n) is 5.00. The van der Waals surface area contributed by atoms with Crippen LogP contribution in [0.5, 0.6) is 0 Å². The minimum atomic E-state index is -2.47. The maximum absolute atomic E-state index is 12.6. The lowest BCUT2D eigenvalue weighted by Crippen LogP contribution is -2.67. The lowest BCUT2D eigenvalue weighted by Gasteiger charge is -2.58. The Kier molecular flexibility index (Phi) is 1.88. The van der Waals surface area contributed by atoms with E-state index >= 15 is 0 Å². The number of carbonyl (C=O) groups is 1. The van der Waals surface area contributed by atoms with E-state index < -0.39 is 5.92 Å². The molecule has 0 atom stereocenters. The van der Waals surface area contributed by atoms with E-state index in [0.29, 0.717) is 13.1 Å². The van der Waals surface area contributed by atoms with Gasteiger partial charge >= 0.3 is 0 Å². The molecule has 4 heteroatoms. The van der Waals surface area contributed by atoms with Gasteiger partial charge in [0.05, 0.1) is 0 Å². The Morgan fingerprint density at radius 1 is 1.29 bits per heavy atom. The average molecular weight is 203 g/mol. The van der Waals surface area contributed by atoms with Crippen molar-refractivity contribution in [2.24, 2.45) is 11.3 Å². The second kappa shape index (κ2) is 2.67. The van der Waals surface area contributed by atoms with Crippen molar-refractivity contribution >= 4 is 5.91 Å². The van der Waals surface area contributed by atoms with Gasteiger partial charge in [0.25, 0.3) is 0 Å². The lowest BCUT2D eigenvalue weighted by molar-refractivity contribution is -0.215. The van der Waals surface area contributed by atoms with E-state index in [1.54, 1.807) is 4.90 Å². The molecule has 2 aliphatic rings. The highest BCUT2D eigenvalue weighted by Gasteiger charge is 2.62. The van der Waals surface area contributed by atoms with Gasteiger partial charge in [-0.25, -0.2) is 8.78 Å². The van der Waals surface area contributed by atoms with Gasteiger partial charge in [0, 0.05) is 37.3 Å². The highest BCUT2D eigenvalue weighted by Crippen LogP contribution is 2.56. The zero-order valence-electron chi connectivity index (χ0n) is 8.52. The summed E-state index contributed by atoms with van der Waals surface area (Å²) in [5.74, 6) is -2.40. The molecule has 1 heterocycles. The Morgan fingerprint density at radius 2 is 1.79 bits per heavy atom. The van der Waals surface area contributed by atoms with E-state index in [2.05, 4.69) is 0 Å². The maximum Gasteiger partial charge on any atom is 0.249 e. The van der Waals surface area contributed by atoms with Gasteiger partial charge in [-0.2, -0.15) is 0 Å². The largest absolute Gasteiger partial charge is 0.341 e. The van der Waals surface area contributed by atoms with Crippen LogP contribution < -0.4 is 0 Å². The third-order valence-electron chi connectivity index (χ3n) is 3.13. The fourth-order valence-corrected chi connectivity index (χ4v) is 2.55. The molecule has 14 heavy (non-hydrogen) atoms. The second-order valence-corrected chi connectivity index (χ2v) is 5.06. The number of nitrogens with zero attached hydrogens (tertiary/aromatic N) is 1. The molecular weight excluding hydrogens is 188 g/mol. The zero-order valence-corrected chi connectivity index (χ0v) is 8.52. The van der Waals surface area contributed by atoms with E-state index in [0.717, 1.165) is 0 Å². The van der Waals surface area contributed by atoms with Crippen molar-refractivity contribution in [3.63, 3.8) is 0 Å². The molecule has 1 aliphatic carbocycles. The van der Waals surface area contributed by atoms with E-state index in [9.17, 15) is 13.6 Å². The summed E-state index contributed by atoms with van der Waals surface area (Å²) in [5, 5.41) is 0. The van der Waals surface area contributed by atoms with Crippen LogP contribution in [0.25, 0.3) is 0 Å². The molecule has 0 unspecified atom stereocenters. The smallest absolute Gasteiger partial charge is 0.249 e. The van der Waals surface area contributed by atoms with Crippen molar-refractivity contribution in [2.75, 3.05) is 13.1 Å². The van der Waals surface area contributed by atoms with Crippen LogP contribution in [0.4, 0.5) is 8.78 Å². The van der Waals surface area contributed by atoms with Crippen molar-refractivity contribution in [1.29, 1.82) is 0 Å². The van der Waals surface area contributed by atoms with Crippen molar-refractivity contribution in [3.8, 4) is 0 Å². The summed E-state index contributed by atoms with van der Waals surface area (Å²) in [4.78, 5) is 13.1. The summed E-state index contributed by atoms with van der Waals surface area (Å²) < 4.78 is 25.3. The van der Waals surface area contributed by atoms with Gasteiger partial charge in [-0.05, 0) is 0 Å². The normalized spacial score (nSPS) is 27.4. The molecule has 0 aromatic rings. The maximum atomic E-state index is 12.6. The van der Waals surface area contributed by atoms with Crippen LogP contribution in [-0.2, 0) is 4.79 Å². The Hall–Kier alpha value is -0.670. The molecule has 1 saturated carbocycles. The predicted molar refractivity (Wildman–Crippen MR) is 48.0 cm³/mol. The predicted octanol–water partition coefficient (Wildman–Crippen LogP) is 1.90. The molecule has 0 aromatic carbocycles. The molecular formula is C10H15F2NO. The van der Waals surface area contributed by atoms with Crippen molar-refractivity contribution < 1.29 is 13.6 Å². The number of amides is 1. The van der Waals surface area contributed by atoms with Crippen LogP contribution in [0.1, 0.15) is 26.7 Å². The molecule has 1 saturated heterocycles. The summed E-state index contributed by atoms with van der Waals surface area (Å²) in [5.41, 5.74) is -0.228. The molecule has 0 bridgehead atoms. The van der Waals surface area contributed by atoms with Gasteiger partial charge in [-0.3, -0.25) is 4.79 Å². The van der Waals surface area contributed by atoms with E-state index in [1.165, 1.54) is 0 Å². The number of rotatable bonds is 1. The van der Waals surface area contributed by atoms with Crippen molar-refractivity contribution in [3.05, 3.63) is 0 Å². The van der Waals surface area contributed by atoms with Gasteiger partial charge in [0.15, 0.2) is 0 Å². The van der Waals surface area contributed by atoms with Gasteiger partial charge in [-0.15, -0.1) is 0 Å². The molecule has 1 aliphatic heterocycles. The monoisotopic (exact) mass is 203 g/mol. The first kappa shape index (κ1) is 9.87. The second-order valence-electron chi connectivity index (χ2n) is 5.06. The fraction of sp³-hybridized carbons (Fsp3) is 0.900. The summed E-state index contributed by atoms with van der Waals surface area (Å²) in [6.45, 7) is 4.75. The van der Waals surface area contributed by atoms with Crippen LogP contribution in [0.3, 0.4) is 0 Å². The molecule has 1 amide bonds. The van der Waals surface area contributed by atoms with Crippen molar-refractivity contribution in [1.82, 2.24) is 4.90 Å². The molecule has 0 radical (unpaired) electrons. The molecule has 2 fully saturated rings. The quantitative estimate of drug-likeness (QED) is 0.637. The summed E-state index contributed by atoms with van der Waals surface area (Å²) in [6.07, 6.45) is -0.0518. The summed E-state index contributed by atoms with van der Waals surface area (Å²) in [7, 11) is 0. The summed E-state index contributed by atoms with van der Waals surface area (Å²) >= 11 is 0. The Morgan fingerprint density at radius 3 is 2.14 bits per heavy atom. The van der Waals surface area contributed by atoms with Gasteiger partial charge in [-0.1, -0.05) is 13.8 Å². The minimum Gasteiger partial charge on any atom is -0.341 e. The number of carbonyl (C=O) groups excluding carboxylic acids is 1. The molecule has 2 nitrogen and oxygen atoms in total. The Balaban J connectivity index is 1.84. The van der Waals surface area contributed by atoms with Gasteiger partial charge < -0.3 is 4.90 Å². The minimum absolute atomic E-state index is 0.0204. The van der Waals surface area contributed by atoms with E-state index in [-0.39, 0.29) is 30.1 Å². The van der Waals surface area contributed by atoms with Crippen LogP contribution in [-0.4, -0.2) is 29.8 Å². The van der Waals surface area contributed by atoms with Crippen LogP contribution in [0.2, 0.25) is 0 Å². The third kappa shape index (κ3) is 1.41. The number of halogens is 2. The van der Waals surface area contributed by atoms with Crippen LogP contribution >= 0.6 is 0 Å². The molecule has 1 spiro atoms. The first-order valence-corrected chi connectivity index (χ1v) is 5.00.